The third-order valence-electron chi connectivity index (χ3n) is 7.98. The van der Waals surface area contributed by atoms with Crippen molar-refractivity contribution in [3.63, 3.8) is 0 Å². The van der Waals surface area contributed by atoms with Crippen molar-refractivity contribution in [2.24, 2.45) is 23.2 Å². The number of hydrogen-bond donors (Lipinski definition) is 0. The van der Waals surface area contributed by atoms with Gasteiger partial charge >= 0.3 is 5.97 Å². The second kappa shape index (κ2) is 7.38. The second-order valence-electron chi connectivity index (χ2n) is 9.74. The third-order valence-corrected chi connectivity index (χ3v) is 7.98. The number of hydrogen-bond acceptors (Lipinski definition) is 6. The fourth-order valence-corrected chi connectivity index (χ4v) is 6.33. The van der Waals surface area contributed by atoms with Gasteiger partial charge in [0.15, 0.2) is 0 Å². The zero-order chi connectivity index (χ0) is 20.0. The second-order valence-corrected chi connectivity index (χ2v) is 9.74. The first kappa shape index (κ1) is 19.0. The number of carbonyl (C=O) groups excluding carboxylic acids is 1. The van der Waals surface area contributed by atoms with E-state index in [1.807, 2.05) is 6.07 Å². The maximum absolute atomic E-state index is 12.8. The first-order chi connectivity index (χ1) is 14.0. The van der Waals surface area contributed by atoms with E-state index in [0.29, 0.717) is 11.8 Å². The van der Waals surface area contributed by atoms with Crippen LogP contribution in [0.25, 0.3) is 0 Å². The van der Waals surface area contributed by atoms with Crippen molar-refractivity contribution in [2.75, 3.05) is 37.6 Å². The summed E-state index contributed by atoms with van der Waals surface area (Å²) >= 11 is 0. The predicted octanol–water partition coefficient (Wildman–Crippen LogP) is 2.91. The van der Waals surface area contributed by atoms with Crippen LogP contribution in [-0.2, 0) is 9.53 Å². The molecule has 6 nitrogen and oxygen atoms in total. The van der Waals surface area contributed by atoms with Crippen molar-refractivity contribution in [1.82, 2.24) is 14.9 Å². The van der Waals surface area contributed by atoms with E-state index in [9.17, 15) is 4.79 Å². The van der Waals surface area contributed by atoms with Crippen LogP contribution < -0.4 is 4.90 Å². The standard InChI is InChI=1S/C23H32N4O2/c1-16-5-3-6-23(2)14-20-17(13-19(16)23)18(21(28)29-20)15-26-9-11-27(12-10-26)22-24-7-4-8-25-22/h4,7-8,17-20H,1,3,5-6,9-15H2,2H3/t17-,18-,19+,20+,23+/m0/s1. The minimum atomic E-state index is 0.0128. The Kier molecular flexibility index (Phi) is 4.85. The molecule has 2 aliphatic heterocycles. The van der Waals surface area contributed by atoms with Crippen LogP contribution in [0, 0.1) is 23.2 Å². The van der Waals surface area contributed by atoms with Crippen molar-refractivity contribution in [2.45, 2.75) is 45.1 Å². The number of rotatable bonds is 3. The van der Waals surface area contributed by atoms with Gasteiger partial charge in [0.25, 0.3) is 0 Å². The Morgan fingerprint density at radius 1 is 1.24 bits per heavy atom. The summed E-state index contributed by atoms with van der Waals surface area (Å²) in [5, 5.41) is 0. The minimum Gasteiger partial charge on any atom is -0.462 e. The smallest absolute Gasteiger partial charge is 0.310 e. The van der Waals surface area contributed by atoms with Crippen molar-refractivity contribution < 1.29 is 9.53 Å². The average molecular weight is 397 g/mol. The molecule has 29 heavy (non-hydrogen) atoms. The molecule has 0 aromatic carbocycles. The number of anilines is 1. The highest BCUT2D eigenvalue weighted by Crippen LogP contribution is 2.56. The van der Waals surface area contributed by atoms with Crippen LogP contribution >= 0.6 is 0 Å². The van der Waals surface area contributed by atoms with Crippen LogP contribution in [-0.4, -0.2) is 59.7 Å². The van der Waals surface area contributed by atoms with E-state index >= 15 is 0 Å². The van der Waals surface area contributed by atoms with Crippen LogP contribution in [0.1, 0.15) is 39.0 Å². The molecule has 5 rings (SSSR count). The van der Waals surface area contributed by atoms with Gasteiger partial charge < -0.3 is 9.64 Å². The molecular formula is C23H32N4O2. The number of fused-ring (bicyclic) bond motifs is 2. The molecule has 0 unspecified atom stereocenters. The number of nitrogens with zero attached hydrogens (tertiary/aromatic N) is 4. The van der Waals surface area contributed by atoms with E-state index in [-0.39, 0.29) is 23.4 Å². The van der Waals surface area contributed by atoms with Gasteiger partial charge in [-0.3, -0.25) is 9.69 Å². The normalized spacial score (nSPS) is 37.8. The van der Waals surface area contributed by atoms with Gasteiger partial charge in [-0.05, 0) is 49.5 Å². The van der Waals surface area contributed by atoms with Crippen molar-refractivity contribution >= 4 is 11.9 Å². The number of esters is 1. The zero-order valence-corrected chi connectivity index (χ0v) is 17.4. The van der Waals surface area contributed by atoms with Crippen LogP contribution in [0.4, 0.5) is 5.95 Å². The summed E-state index contributed by atoms with van der Waals surface area (Å²) in [5.41, 5.74) is 1.68. The number of aromatic nitrogens is 2. The number of piperazine rings is 1. The highest BCUT2D eigenvalue weighted by molar-refractivity contribution is 5.75. The van der Waals surface area contributed by atoms with Gasteiger partial charge in [-0.2, -0.15) is 0 Å². The molecule has 6 heteroatoms. The van der Waals surface area contributed by atoms with E-state index in [2.05, 4.69) is 33.3 Å². The molecule has 5 atom stereocenters. The Bertz CT molecular complexity index is 776. The van der Waals surface area contributed by atoms with E-state index < -0.39 is 0 Å². The molecular weight excluding hydrogens is 364 g/mol. The molecule has 1 aromatic heterocycles. The lowest BCUT2D eigenvalue weighted by Crippen LogP contribution is -2.50. The van der Waals surface area contributed by atoms with Crippen molar-refractivity contribution in [1.29, 1.82) is 0 Å². The lowest BCUT2D eigenvalue weighted by atomic mass is 9.55. The summed E-state index contributed by atoms with van der Waals surface area (Å²) in [5.74, 6) is 1.75. The van der Waals surface area contributed by atoms with Gasteiger partial charge in [0, 0.05) is 51.0 Å². The molecule has 2 saturated carbocycles. The highest BCUT2D eigenvalue weighted by atomic mass is 16.6. The molecule has 0 spiro atoms. The summed E-state index contributed by atoms with van der Waals surface area (Å²) in [7, 11) is 0. The quantitative estimate of drug-likeness (QED) is 0.578. The number of allylic oxidation sites excluding steroid dienone is 1. The Labute approximate surface area is 173 Å². The monoisotopic (exact) mass is 396 g/mol. The number of carbonyl (C=O) groups is 1. The van der Waals surface area contributed by atoms with Crippen molar-refractivity contribution in [3.05, 3.63) is 30.6 Å². The van der Waals surface area contributed by atoms with Crippen molar-refractivity contribution in [3.8, 4) is 0 Å². The fourth-order valence-electron chi connectivity index (χ4n) is 6.33. The van der Waals surface area contributed by atoms with E-state index in [1.54, 1.807) is 12.4 Å². The SMILES string of the molecule is C=C1CCC[C@]2(C)C[C@H]3OC(=O)[C@@H](CN4CCN(c5ncccn5)CC4)[C@@H]3C[C@H]12. The molecule has 1 aromatic rings. The van der Waals surface area contributed by atoms with Gasteiger partial charge in [0.05, 0.1) is 5.92 Å². The first-order valence-corrected chi connectivity index (χ1v) is 11.2. The summed E-state index contributed by atoms with van der Waals surface area (Å²) in [6, 6.07) is 1.85. The van der Waals surface area contributed by atoms with Gasteiger partial charge in [-0.15, -0.1) is 0 Å². The molecule has 0 N–H and O–H groups in total. The zero-order valence-electron chi connectivity index (χ0n) is 17.4. The molecule has 4 fully saturated rings. The topological polar surface area (TPSA) is 58.6 Å². The minimum absolute atomic E-state index is 0.0128. The van der Waals surface area contributed by atoms with Gasteiger partial charge in [0.1, 0.15) is 6.10 Å². The van der Waals surface area contributed by atoms with Gasteiger partial charge in [0.2, 0.25) is 5.95 Å². The molecule has 0 amide bonds. The van der Waals surface area contributed by atoms with E-state index in [4.69, 9.17) is 4.74 Å². The highest BCUT2D eigenvalue weighted by Gasteiger charge is 2.55. The summed E-state index contributed by atoms with van der Waals surface area (Å²) in [6.45, 7) is 11.3. The van der Waals surface area contributed by atoms with Crippen LogP contribution in [0.2, 0.25) is 0 Å². The molecule has 0 bridgehead atoms. The van der Waals surface area contributed by atoms with E-state index in [1.165, 1.54) is 18.4 Å². The molecule has 3 heterocycles. The Hall–Kier alpha value is -1.95. The van der Waals surface area contributed by atoms with E-state index in [0.717, 1.165) is 57.9 Å². The Morgan fingerprint density at radius 3 is 2.76 bits per heavy atom. The largest absolute Gasteiger partial charge is 0.462 e. The maximum Gasteiger partial charge on any atom is 0.310 e. The first-order valence-electron chi connectivity index (χ1n) is 11.2. The molecule has 2 saturated heterocycles. The third kappa shape index (κ3) is 3.45. The molecule has 4 aliphatic rings. The molecule has 0 radical (unpaired) electrons. The number of ether oxygens (including phenoxy) is 1. The van der Waals surface area contributed by atoms with Gasteiger partial charge in [-0.25, -0.2) is 9.97 Å². The Morgan fingerprint density at radius 2 is 2.00 bits per heavy atom. The predicted molar refractivity (Wildman–Crippen MR) is 111 cm³/mol. The average Bonchev–Trinajstić information content (AvgIpc) is 3.01. The lowest BCUT2D eigenvalue weighted by Gasteiger charge is -2.50. The molecule has 2 aliphatic carbocycles. The van der Waals surface area contributed by atoms with Crippen LogP contribution in [0.3, 0.4) is 0 Å². The Balaban J connectivity index is 1.23. The molecule has 156 valence electrons. The van der Waals surface area contributed by atoms with Crippen LogP contribution in [0.5, 0.6) is 0 Å². The lowest BCUT2D eigenvalue weighted by molar-refractivity contribution is -0.146. The fraction of sp³-hybridized carbons (Fsp3) is 0.696. The van der Waals surface area contributed by atoms with Gasteiger partial charge in [-0.1, -0.05) is 19.1 Å². The summed E-state index contributed by atoms with van der Waals surface area (Å²) in [4.78, 5) is 26.2. The maximum atomic E-state index is 12.8. The summed E-state index contributed by atoms with van der Waals surface area (Å²) in [6.07, 6.45) is 9.41. The van der Waals surface area contributed by atoms with Crippen LogP contribution in [0.15, 0.2) is 30.6 Å². The summed E-state index contributed by atoms with van der Waals surface area (Å²) < 4.78 is 5.93.